The molecule has 418 valence electrons. The molecule has 0 saturated heterocycles. The SMILES string of the molecule is C.CCC[I-]C.Cc1noc(C)c1-c1cc(-c2cccnc2-c2ccccc2)c2nc(NS(=O)(=O)C3CC3)[nH]c2c1.Cc1noc(C)c1-c1cc(I)c2nc(NS(=O)(=O)C3CC3)[nH]c2c1.OB(O)c1cccnc1-c1ccccc1. The van der Waals surface area contributed by atoms with Gasteiger partial charge in [-0.2, -0.15) is 0 Å². The summed E-state index contributed by atoms with van der Waals surface area (Å²) in [5.74, 6) is 1.91. The largest absolute Gasteiger partial charge is 0.490 e. The monoisotopic (exact) mass is 1340 g/mol. The van der Waals surface area contributed by atoms with Crippen LogP contribution in [-0.4, -0.2) is 94.1 Å². The molecule has 0 aliphatic heterocycles. The number of alkyl halides is 2. The summed E-state index contributed by atoms with van der Waals surface area (Å²) >= 11 is 2.80. The third-order valence-corrected chi connectivity index (χ3v) is 19.5. The van der Waals surface area contributed by atoms with Gasteiger partial charge in [0.15, 0.2) is 0 Å². The van der Waals surface area contributed by atoms with E-state index in [4.69, 9.17) is 9.05 Å². The molecule has 6 heterocycles. The van der Waals surface area contributed by atoms with E-state index in [1.165, 1.54) is 10.8 Å². The van der Waals surface area contributed by atoms with Crippen LogP contribution in [0.3, 0.4) is 0 Å². The maximum absolute atomic E-state index is 12.6. The average molecular weight is 1340 g/mol. The Morgan fingerprint density at radius 1 is 0.637 bits per heavy atom. The van der Waals surface area contributed by atoms with E-state index in [0.29, 0.717) is 74.8 Å². The number of rotatable bonds is 14. The van der Waals surface area contributed by atoms with Gasteiger partial charge in [-0.15, -0.1) is 0 Å². The van der Waals surface area contributed by atoms with Gasteiger partial charge in [-0.25, -0.2) is 26.8 Å². The number of fused-ring (bicyclic) bond motifs is 2. The Morgan fingerprint density at radius 3 is 1.57 bits per heavy atom. The minimum Gasteiger partial charge on any atom is -0.423 e. The number of anilines is 2. The molecule has 0 amide bonds. The van der Waals surface area contributed by atoms with E-state index in [0.717, 1.165) is 82.0 Å². The fourth-order valence-electron chi connectivity index (χ4n) is 8.87. The number of aromatic nitrogens is 8. The number of hydrogen-bond acceptors (Lipinski definition) is 14. The number of nitrogens with one attached hydrogen (secondary N) is 4. The first kappa shape index (κ1) is 59.6. The summed E-state index contributed by atoms with van der Waals surface area (Å²) in [6.45, 7) is 9.78. The average Bonchev–Trinajstić information content (AvgIpc) is 4.48. The van der Waals surface area contributed by atoms with Gasteiger partial charge in [-0.05, 0) is 129 Å². The Morgan fingerprint density at radius 2 is 1.11 bits per heavy atom. The van der Waals surface area contributed by atoms with E-state index in [-0.39, 0.29) is 29.8 Å². The van der Waals surface area contributed by atoms with Crippen LogP contribution in [0.25, 0.3) is 78.0 Å². The Balaban J connectivity index is 0.000000161. The number of halogens is 2. The summed E-state index contributed by atoms with van der Waals surface area (Å²) in [6.07, 6.45) is 7.56. The molecule has 10 aromatic rings. The van der Waals surface area contributed by atoms with Gasteiger partial charge in [0.1, 0.15) is 17.0 Å². The standard InChI is InChI=1S/C26H23N5O3S.C15H15IN4O3S.C11H10BNO2.C4H10I.CH4/c1-15-23(16(2)34-30-15)18-13-21(20-9-6-12-27-24(20)17-7-4-3-5-8-17)25-22(14-18)28-26(29-25)31-35(32,33)19-10-11-19;1-7-13(8(2)23-19-7)9-5-11(16)14-12(6-9)17-15(18-14)20-24(21,22)10-3-4-10;14-12(15)10-7-4-8-13-11(10)9-5-2-1-3-6-9;1-3-4-5-2;/h3-9,12-14,19H,10-11H2,1-2H3,(H2,28,29,31);5-6,10H,3-4H2,1-2H3,(H2,17,18,20);1-8,14-15H;3-4H2,1-2H3;1H4/q;;;-1;. The number of sulfonamides is 2. The predicted molar refractivity (Wildman–Crippen MR) is 322 cm³/mol. The zero-order chi connectivity index (χ0) is 56.0. The minimum absolute atomic E-state index is 0. The number of H-pyrrole nitrogens is 2. The van der Waals surface area contributed by atoms with Crippen molar-refractivity contribution in [3.8, 4) is 55.9 Å². The van der Waals surface area contributed by atoms with E-state index in [1.54, 1.807) is 24.5 Å². The van der Waals surface area contributed by atoms with E-state index < -0.39 is 27.2 Å². The van der Waals surface area contributed by atoms with E-state index >= 15 is 0 Å². The maximum Gasteiger partial charge on any atom is 0.490 e. The molecule has 6 aromatic heterocycles. The Bertz CT molecular complexity index is 3940. The second kappa shape index (κ2) is 25.9. The molecule has 23 heteroatoms. The number of aromatic amines is 2. The van der Waals surface area contributed by atoms with Crippen LogP contribution in [0.15, 0.2) is 131 Å². The fourth-order valence-corrected chi connectivity index (χ4v) is 13.3. The van der Waals surface area contributed by atoms with Crippen molar-refractivity contribution in [1.82, 2.24) is 40.2 Å². The number of benzene rings is 4. The van der Waals surface area contributed by atoms with Crippen molar-refractivity contribution in [2.24, 2.45) is 0 Å². The first-order valence-corrected chi connectivity index (χ1v) is 33.3. The van der Waals surface area contributed by atoms with Crippen molar-refractivity contribution in [2.45, 2.75) is 84.6 Å². The summed E-state index contributed by atoms with van der Waals surface area (Å²) in [5.41, 5.74) is 13.6. The van der Waals surface area contributed by atoms with E-state index in [9.17, 15) is 26.9 Å². The van der Waals surface area contributed by atoms with Gasteiger partial charge in [0.2, 0.25) is 31.9 Å². The first-order chi connectivity index (χ1) is 38.0. The molecule has 12 rings (SSSR count). The third kappa shape index (κ3) is 14.0. The molecule has 0 radical (unpaired) electrons. The second-order valence-corrected chi connectivity index (χ2v) is 26.6. The van der Waals surface area contributed by atoms with Crippen molar-refractivity contribution in [1.29, 1.82) is 0 Å². The number of pyridine rings is 2. The molecule has 0 spiro atoms. The number of nitrogens with zero attached hydrogens (tertiary/aromatic N) is 6. The van der Waals surface area contributed by atoms with Crippen LogP contribution >= 0.6 is 22.6 Å². The molecule has 18 nitrogen and oxygen atoms in total. The molecule has 2 aliphatic rings. The van der Waals surface area contributed by atoms with Crippen molar-refractivity contribution in [3.05, 3.63) is 148 Å². The van der Waals surface area contributed by atoms with Crippen LogP contribution in [0.5, 0.6) is 0 Å². The fraction of sp³-hybridized carbons (Fsp3) is 0.263. The van der Waals surface area contributed by atoms with Crippen molar-refractivity contribution >= 4 is 89.2 Å². The summed E-state index contributed by atoms with van der Waals surface area (Å²) < 4.78 is 67.6. The molecule has 2 saturated carbocycles. The molecule has 0 atom stereocenters. The van der Waals surface area contributed by atoms with Crippen LogP contribution < -0.4 is 36.1 Å². The van der Waals surface area contributed by atoms with E-state index in [1.807, 2.05) is 125 Å². The molecule has 0 bridgehead atoms. The summed E-state index contributed by atoms with van der Waals surface area (Å²) in [6, 6.07) is 34.5. The molecule has 80 heavy (non-hydrogen) atoms. The Kier molecular flexibility index (Phi) is 19.3. The van der Waals surface area contributed by atoms with Crippen LogP contribution in [0.2, 0.25) is 0 Å². The normalized spacial score (nSPS) is 13.1. The third-order valence-electron chi connectivity index (χ3n) is 12.9. The smallest absolute Gasteiger partial charge is 0.423 e. The van der Waals surface area contributed by atoms with E-state index in [2.05, 4.69) is 84.1 Å². The maximum atomic E-state index is 12.6. The molecule has 2 fully saturated rings. The van der Waals surface area contributed by atoms with Gasteiger partial charge in [0, 0.05) is 49.2 Å². The minimum atomic E-state index is -3.46. The first-order valence-electron chi connectivity index (χ1n) is 25.4. The number of imidazole rings is 2. The van der Waals surface area contributed by atoms with Gasteiger partial charge in [0.05, 0.1) is 49.8 Å². The van der Waals surface area contributed by atoms with Gasteiger partial charge in [0.25, 0.3) is 0 Å². The summed E-state index contributed by atoms with van der Waals surface area (Å²) in [7, 11) is -8.29. The summed E-state index contributed by atoms with van der Waals surface area (Å²) in [4.78, 5) is 26.4. The second-order valence-electron chi connectivity index (χ2n) is 18.9. The van der Waals surface area contributed by atoms with Crippen LogP contribution in [-0.2, 0) is 20.0 Å². The van der Waals surface area contributed by atoms with Crippen LogP contribution in [0, 0.1) is 31.3 Å². The van der Waals surface area contributed by atoms with Crippen LogP contribution in [0.4, 0.5) is 11.9 Å². The predicted octanol–water partition coefficient (Wildman–Crippen LogP) is 7.99. The quantitative estimate of drug-likeness (QED) is 0.0342. The van der Waals surface area contributed by atoms with Gasteiger partial charge >= 0.3 is 51.0 Å². The Labute approximate surface area is 490 Å². The molecule has 0 unspecified atom stereocenters. The molecule has 4 aromatic carbocycles. The molecular weight excluding hydrogens is 1280 g/mol. The molecule has 2 aliphatic carbocycles. The van der Waals surface area contributed by atoms with Gasteiger partial charge in [-0.1, -0.05) is 90.5 Å². The number of aryl methyl sites for hydroxylation is 4. The Hall–Kier alpha value is -6.52. The zero-order valence-electron chi connectivity index (χ0n) is 44.1. The molecular formula is C57H62BI2N10O8S2-. The topological polar surface area (TPSA) is 268 Å². The van der Waals surface area contributed by atoms with Crippen LogP contribution in [0.1, 0.15) is 69.4 Å². The van der Waals surface area contributed by atoms with Crippen molar-refractivity contribution in [3.63, 3.8) is 0 Å². The zero-order valence-corrected chi connectivity index (χ0v) is 50.1. The number of hydrogen-bond donors (Lipinski definition) is 6. The van der Waals surface area contributed by atoms with Crippen molar-refractivity contribution in [2.75, 3.05) is 18.8 Å². The van der Waals surface area contributed by atoms with Crippen molar-refractivity contribution < 1.29 is 57.1 Å². The molecule has 6 N–H and O–H groups in total. The van der Waals surface area contributed by atoms with Gasteiger partial charge < -0.3 is 29.1 Å². The summed E-state index contributed by atoms with van der Waals surface area (Å²) in [5, 5.41) is 25.8. The van der Waals surface area contributed by atoms with Gasteiger partial charge in [-0.3, -0.25) is 19.4 Å².